The number of hydrogen-bond donors (Lipinski definition) is 0. The molecule has 0 amide bonds. The first-order valence-corrected chi connectivity index (χ1v) is 4.61. The van der Waals surface area contributed by atoms with Gasteiger partial charge in [-0.15, -0.1) is 0 Å². The fraction of sp³-hybridized carbons (Fsp3) is 0.143. The third-order valence-electron chi connectivity index (χ3n) is 1.14. The lowest BCUT2D eigenvalue weighted by molar-refractivity contribution is 0.411. The molecule has 0 saturated carbocycles. The molecule has 0 fully saturated rings. The molecule has 0 radical (unpaired) electrons. The van der Waals surface area contributed by atoms with Crippen molar-refractivity contribution in [2.24, 2.45) is 0 Å². The van der Waals surface area contributed by atoms with E-state index in [1.807, 2.05) is 18.2 Å². The summed E-state index contributed by atoms with van der Waals surface area (Å²) in [5.74, 6) is 0.912. The van der Waals surface area contributed by atoms with Crippen molar-refractivity contribution in [3.8, 4) is 5.75 Å². The molecule has 54 valence electrons. The van der Waals surface area contributed by atoms with Crippen LogP contribution in [0.2, 0.25) is 0 Å². The summed E-state index contributed by atoms with van der Waals surface area (Å²) in [5, 5.41) is 0. The minimum atomic E-state index is 0.912. The zero-order valence-electron chi connectivity index (χ0n) is 5.40. The Morgan fingerprint density at radius 3 is 2.70 bits per heavy atom. The van der Waals surface area contributed by atoms with E-state index in [0.29, 0.717) is 0 Å². The van der Waals surface area contributed by atoms with Crippen LogP contribution < -0.4 is 4.74 Å². The van der Waals surface area contributed by atoms with Crippen LogP contribution >= 0.6 is 38.5 Å². The van der Waals surface area contributed by atoms with E-state index in [0.717, 1.165) is 13.8 Å². The molecule has 0 saturated heterocycles. The molecule has 1 rings (SSSR count). The fourth-order valence-corrected chi connectivity index (χ4v) is 1.57. The summed E-state index contributed by atoms with van der Waals surface area (Å²) in [5.41, 5.74) is 0. The molecule has 0 aliphatic rings. The predicted octanol–water partition coefficient (Wildman–Crippen LogP) is 3.06. The lowest BCUT2D eigenvalue weighted by Gasteiger charge is -2.02. The maximum Gasteiger partial charge on any atom is 0.133 e. The molecule has 0 bridgehead atoms. The van der Waals surface area contributed by atoms with Crippen LogP contribution in [0, 0.1) is 3.57 Å². The van der Waals surface area contributed by atoms with Crippen molar-refractivity contribution in [3.05, 3.63) is 26.2 Å². The summed E-state index contributed by atoms with van der Waals surface area (Å²) in [4.78, 5) is 0. The quantitative estimate of drug-likeness (QED) is 0.724. The Hall–Kier alpha value is 0.230. The van der Waals surface area contributed by atoms with Crippen LogP contribution in [-0.4, -0.2) is 7.11 Å². The smallest absolute Gasteiger partial charge is 0.133 e. The van der Waals surface area contributed by atoms with Crippen LogP contribution in [0.25, 0.3) is 0 Å². The molecule has 0 N–H and O–H groups in total. The first-order chi connectivity index (χ1) is 4.75. The van der Waals surface area contributed by atoms with Crippen molar-refractivity contribution < 1.29 is 4.74 Å². The molecule has 3 heteroatoms. The van der Waals surface area contributed by atoms with Gasteiger partial charge in [0.1, 0.15) is 5.75 Å². The van der Waals surface area contributed by atoms with Gasteiger partial charge < -0.3 is 4.74 Å². The third-order valence-corrected chi connectivity index (χ3v) is 3.65. The lowest BCUT2D eigenvalue weighted by atomic mass is 10.3. The molecule has 0 heterocycles. The summed E-state index contributed by atoms with van der Waals surface area (Å²) >= 11 is 5.63. The Bertz CT molecular complexity index is 237. The highest BCUT2D eigenvalue weighted by Crippen LogP contribution is 2.27. The Balaban J connectivity index is 3.14. The van der Waals surface area contributed by atoms with Crippen molar-refractivity contribution in [2.45, 2.75) is 0 Å². The molecule has 0 atom stereocenters. The van der Waals surface area contributed by atoms with E-state index in [-0.39, 0.29) is 0 Å². The van der Waals surface area contributed by atoms with Gasteiger partial charge >= 0.3 is 0 Å². The number of ether oxygens (including phenoxy) is 1. The monoisotopic (exact) mass is 312 g/mol. The normalized spacial score (nSPS) is 9.50. The highest BCUT2D eigenvalue weighted by atomic mass is 127. The third kappa shape index (κ3) is 1.63. The van der Waals surface area contributed by atoms with Gasteiger partial charge in [0.2, 0.25) is 0 Å². The van der Waals surface area contributed by atoms with Crippen LogP contribution in [0.15, 0.2) is 22.7 Å². The van der Waals surface area contributed by atoms with Gasteiger partial charge in [-0.1, -0.05) is 6.07 Å². The van der Waals surface area contributed by atoms with Gasteiger partial charge in [0.05, 0.1) is 10.7 Å². The van der Waals surface area contributed by atoms with Crippen LogP contribution in [-0.2, 0) is 0 Å². The minimum absolute atomic E-state index is 0.912. The number of methoxy groups -OCH3 is 1. The van der Waals surface area contributed by atoms with E-state index in [2.05, 4.69) is 38.5 Å². The predicted molar refractivity (Wildman–Crippen MR) is 53.4 cm³/mol. The molecule has 0 aliphatic carbocycles. The first-order valence-electron chi connectivity index (χ1n) is 2.73. The van der Waals surface area contributed by atoms with E-state index >= 15 is 0 Å². The molecule has 10 heavy (non-hydrogen) atoms. The zero-order valence-corrected chi connectivity index (χ0v) is 9.14. The second kappa shape index (κ2) is 3.57. The van der Waals surface area contributed by atoms with Gasteiger partial charge in [0.25, 0.3) is 0 Å². The Kier molecular flexibility index (Phi) is 2.97. The molecule has 0 spiro atoms. The highest BCUT2D eigenvalue weighted by Gasteiger charge is 2.00. The minimum Gasteiger partial charge on any atom is -0.496 e. The van der Waals surface area contributed by atoms with E-state index in [1.54, 1.807) is 7.11 Å². The van der Waals surface area contributed by atoms with Crippen LogP contribution in [0.3, 0.4) is 0 Å². The van der Waals surface area contributed by atoms with Gasteiger partial charge in [-0.3, -0.25) is 0 Å². The van der Waals surface area contributed by atoms with E-state index in [4.69, 9.17) is 4.74 Å². The highest BCUT2D eigenvalue weighted by molar-refractivity contribution is 14.1. The number of benzene rings is 1. The number of rotatable bonds is 1. The maximum atomic E-state index is 5.09. The second-order valence-electron chi connectivity index (χ2n) is 1.76. The largest absolute Gasteiger partial charge is 0.496 e. The van der Waals surface area contributed by atoms with Crippen LogP contribution in [0.1, 0.15) is 0 Å². The van der Waals surface area contributed by atoms with Crippen molar-refractivity contribution in [1.82, 2.24) is 0 Å². The molecule has 0 aromatic heterocycles. The van der Waals surface area contributed by atoms with Gasteiger partial charge in [0.15, 0.2) is 0 Å². The van der Waals surface area contributed by atoms with Crippen LogP contribution in [0.4, 0.5) is 0 Å². The first kappa shape index (κ1) is 8.33. The maximum absolute atomic E-state index is 5.09. The van der Waals surface area contributed by atoms with E-state index in [1.165, 1.54) is 0 Å². The number of halogens is 2. The van der Waals surface area contributed by atoms with Crippen molar-refractivity contribution in [2.75, 3.05) is 7.11 Å². The van der Waals surface area contributed by atoms with Crippen molar-refractivity contribution >= 4 is 38.5 Å². The van der Waals surface area contributed by atoms with Gasteiger partial charge in [-0.25, -0.2) is 0 Å². The summed E-state index contributed by atoms with van der Waals surface area (Å²) < 4.78 is 7.28. The molecular formula is C7H6BrIO. The Labute approximate surface area is 82.0 Å². The van der Waals surface area contributed by atoms with Gasteiger partial charge in [0, 0.05) is 4.47 Å². The summed E-state index contributed by atoms with van der Waals surface area (Å²) in [6.45, 7) is 0. The summed E-state index contributed by atoms with van der Waals surface area (Å²) in [6.07, 6.45) is 0. The SMILES string of the molecule is COc1cccc(Br)c1I. The standard InChI is InChI=1S/C7H6BrIO/c1-10-6-4-2-3-5(8)7(6)9/h2-4H,1H3. The van der Waals surface area contributed by atoms with Gasteiger partial charge in [-0.2, -0.15) is 0 Å². The van der Waals surface area contributed by atoms with Gasteiger partial charge in [-0.05, 0) is 50.7 Å². The molecule has 1 aromatic carbocycles. The average molecular weight is 313 g/mol. The van der Waals surface area contributed by atoms with Crippen molar-refractivity contribution in [1.29, 1.82) is 0 Å². The Morgan fingerprint density at radius 2 is 2.20 bits per heavy atom. The molecule has 1 nitrogen and oxygen atoms in total. The number of hydrogen-bond acceptors (Lipinski definition) is 1. The average Bonchev–Trinajstić information content (AvgIpc) is 1.95. The molecule has 0 aliphatic heterocycles. The topological polar surface area (TPSA) is 9.23 Å². The summed E-state index contributed by atoms with van der Waals surface area (Å²) in [7, 11) is 1.67. The molecular weight excluding hydrogens is 307 g/mol. The summed E-state index contributed by atoms with van der Waals surface area (Å²) in [6, 6.07) is 5.88. The van der Waals surface area contributed by atoms with E-state index < -0.39 is 0 Å². The van der Waals surface area contributed by atoms with Crippen LogP contribution in [0.5, 0.6) is 5.75 Å². The lowest BCUT2D eigenvalue weighted by Crippen LogP contribution is -1.85. The fourth-order valence-electron chi connectivity index (χ4n) is 0.642. The zero-order chi connectivity index (χ0) is 7.56. The van der Waals surface area contributed by atoms with E-state index in [9.17, 15) is 0 Å². The molecule has 1 aromatic rings. The molecule has 0 unspecified atom stereocenters. The second-order valence-corrected chi connectivity index (χ2v) is 3.69. The Morgan fingerprint density at radius 1 is 1.50 bits per heavy atom. The van der Waals surface area contributed by atoms with Crippen molar-refractivity contribution in [3.63, 3.8) is 0 Å².